The minimum atomic E-state index is -1.39. The molecule has 3 aliphatic rings. The zero-order valence-corrected chi connectivity index (χ0v) is 25.1. The second-order valence-electron chi connectivity index (χ2n) is 11.9. The van der Waals surface area contributed by atoms with Crippen LogP contribution in [-0.4, -0.2) is 54.0 Å². The van der Waals surface area contributed by atoms with Gasteiger partial charge in [0.2, 0.25) is 0 Å². The molecular formula is C34H36N4O6. The van der Waals surface area contributed by atoms with Gasteiger partial charge in [-0.05, 0) is 73.1 Å². The highest BCUT2D eigenvalue weighted by molar-refractivity contribution is 6.19. The maximum atomic E-state index is 13.8. The predicted octanol–water partition coefficient (Wildman–Crippen LogP) is 1.94. The highest BCUT2D eigenvalue weighted by atomic mass is 16.4. The van der Waals surface area contributed by atoms with Crippen LogP contribution < -0.4 is 26.6 Å². The number of allylic oxidation sites excluding steroid dienone is 1. The monoisotopic (exact) mass is 596 g/mol. The van der Waals surface area contributed by atoms with Crippen molar-refractivity contribution in [3.05, 3.63) is 78.4 Å². The van der Waals surface area contributed by atoms with Crippen LogP contribution in [0.4, 0.5) is 0 Å². The number of fused-ring (bicyclic) bond motifs is 8. The van der Waals surface area contributed by atoms with Crippen molar-refractivity contribution in [3.63, 3.8) is 0 Å². The van der Waals surface area contributed by atoms with Crippen molar-refractivity contribution in [1.82, 2.24) is 20.3 Å². The molecule has 1 unspecified atom stereocenters. The number of Topliss-reactive ketones (excluding diaryl/α,β-unsaturated/α-hetero) is 1. The number of hydrogen-bond donors (Lipinski definition) is 7. The molecule has 2 aliphatic heterocycles. The van der Waals surface area contributed by atoms with Gasteiger partial charge in [0.05, 0.1) is 23.0 Å². The first-order valence-corrected chi connectivity index (χ1v) is 14.8. The van der Waals surface area contributed by atoms with Gasteiger partial charge in [-0.3, -0.25) is 14.4 Å². The van der Waals surface area contributed by atoms with Crippen LogP contribution in [-0.2, 0) is 16.0 Å². The number of carbonyl (C=O) groups is 3. The van der Waals surface area contributed by atoms with Crippen molar-refractivity contribution in [2.24, 2.45) is 17.8 Å². The van der Waals surface area contributed by atoms with Crippen LogP contribution in [0.3, 0.4) is 0 Å². The SMILES string of the molecule is C=Cc1c2[nH]c(c1C)/C=C1/NC(C3=c4[nH]/c(c(C)c4C(=O)[C@@H]3C(=O)O)=C\c3[nH]c(/c(=C\O)c3CC)=C\2)[C@@H](CCC(=O)O)[C@@H]1C. The van der Waals surface area contributed by atoms with Crippen LogP contribution in [0, 0.1) is 31.6 Å². The van der Waals surface area contributed by atoms with Crippen molar-refractivity contribution in [1.29, 1.82) is 0 Å². The molecule has 6 rings (SSSR count). The van der Waals surface area contributed by atoms with Gasteiger partial charge in [0.1, 0.15) is 5.92 Å². The highest BCUT2D eigenvalue weighted by Gasteiger charge is 2.49. The van der Waals surface area contributed by atoms with Gasteiger partial charge in [-0.15, -0.1) is 0 Å². The van der Waals surface area contributed by atoms with E-state index in [1.165, 1.54) is 0 Å². The van der Waals surface area contributed by atoms with E-state index in [1.54, 1.807) is 13.0 Å². The Labute approximate surface area is 252 Å². The Bertz CT molecular complexity index is 2050. The Morgan fingerprint density at radius 2 is 1.73 bits per heavy atom. The van der Waals surface area contributed by atoms with E-state index in [0.29, 0.717) is 50.8 Å². The van der Waals surface area contributed by atoms with Crippen molar-refractivity contribution >= 4 is 53.9 Å². The number of aliphatic carboxylic acids is 2. The van der Waals surface area contributed by atoms with Crippen molar-refractivity contribution in [3.8, 4) is 0 Å². The quantitative estimate of drug-likeness (QED) is 0.213. The average Bonchev–Trinajstić information content (AvgIpc) is 3.72. The van der Waals surface area contributed by atoms with Crippen LogP contribution in [0.5, 0.6) is 0 Å². The van der Waals surface area contributed by atoms with Gasteiger partial charge in [0.15, 0.2) is 5.78 Å². The van der Waals surface area contributed by atoms with E-state index in [2.05, 4.69) is 26.8 Å². The van der Waals surface area contributed by atoms with Crippen LogP contribution in [0.15, 0.2) is 12.3 Å². The summed E-state index contributed by atoms with van der Waals surface area (Å²) in [5.74, 6) is -4.48. The highest BCUT2D eigenvalue weighted by Crippen LogP contribution is 2.42. The van der Waals surface area contributed by atoms with Crippen molar-refractivity contribution in [2.45, 2.75) is 53.0 Å². The fourth-order valence-electron chi connectivity index (χ4n) is 7.40. The first-order valence-electron chi connectivity index (χ1n) is 14.8. The summed E-state index contributed by atoms with van der Waals surface area (Å²) in [5, 5.41) is 36.2. The van der Waals surface area contributed by atoms with Gasteiger partial charge >= 0.3 is 11.9 Å². The fourth-order valence-corrected chi connectivity index (χ4v) is 7.40. The maximum Gasteiger partial charge on any atom is 0.318 e. The molecule has 1 aliphatic carbocycles. The smallest absolute Gasteiger partial charge is 0.318 e. The lowest BCUT2D eigenvalue weighted by Crippen LogP contribution is -2.37. The molecule has 4 atom stereocenters. The minimum Gasteiger partial charge on any atom is -0.515 e. The summed E-state index contributed by atoms with van der Waals surface area (Å²) in [6, 6.07) is -0.584. The Morgan fingerprint density at radius 1 is 1.00 bits per heavy atom. The summed E-state index contributed by atoms with van der Waals surface area (Å²) in [4.78, 5) is 48.4. The molecule has 10 nitrogen and oxygen atoms in total. The number of aliphatic hydroxyl groups excluding tert-OH is 1. The number of carboxylic acids is 2. The molecule has 5 heterocycles. The van der Waals surface area contributed by atoms with Gasteiger partial charge in [-0.2, -0.15) is 0 Å². The summed E-state index contributed by atoms with van der Waals surface area (Å²) in [6.07, 6.45) is 9.51. The molecule has 8 bridgehead atoms. The molecule has 0 radical (unpaired) electrons. The lowest BCUT2D eigenvalue weighted by atomic mass is 9.80. The standard InChI is InChI=1S/C34H36N4O6/c1-6-17-14(3)21-10-22-15(4)19(8-9-27(40)41)31(37-22)29-30(34(43)44)33(42)28-16(5)23(38-32(28)29)11-25-18(7-2)20(13-39)26(36-25)12-24(17)35-21/h6,10-13,15,19,30-31,35-39H,1,7-9H2,2-5H3,(H,40,41)(H,43,44)/b20-13-,22-10+,23-11-,26-12-/t15-,19-,30+,31?/m0/s1. The largest absolute Gasteiger partial charge is 0.515 e. The Balaban J connectivity index is 1.75. The second-order valence-corrected chi connectivity index (χ2v) is 11.9. The molecule has 1 fully saturated rings. The van der Waals surface area contributed by atoms with Gasteiger partial charge < -0.3 is 35.6 Å². The number of hydrogen-bond acceptors (Lipinski definition) is 5. The molecule has 3 aromatic rings. The number of carbonyl (C=O) groups excluding carboxylic acids is 1. The Kier molecular flexibility index (Phi) is 7.02. The van der Waals surface area contributed by atoms with E-state index in [1.807, 2.05) is 39.0 Å². The van der Waals surface area contributed by atoms with E-state index >= 15 is 0 Å². The lowest BCUT2D eigenvalue weighted by molar-refractivity contribution is -0.139. The summed E-state index contributed by atoms with van der Waals surface area (Å²) in [5.41, 5.74) is 7.30. The molecule has 0 aromatic carbocycles. The summed E-state index contributed by atoms with van der Waals surface area (Å²) >= 11 is 0. The van der Waals surface area contributed by atoms with Gasteiger partial charge in [0.25, 0.3) is 0 Å². The third-order valence-electron chi connectivity index (χ3n) is 9.69. The van der Waals surface area contributed by atoms with Crippen molar-refractivity contribution < 1.29 is 29.7 Å². The van der Waals surface area contributed by atoms with Crippen LogP contribution in [0.25, 0.3) is 36.1 Å². The summed E-state index contributed by atoms with van der Waals surface area (Å²) in [6.45, 7) is 11.8. The molecule has 228 valence electrons. The van der Waals surface area contributed by atoms with E-state index in [4.69, 9.17) is 0 Å². The number of carboxylic acid groups (broad SMARTS) is 2. The Morgan fingerprint density at radius 3 is 2.36 bits per heavy atom. The maximum absolute atomic E-state index is 13.8. The summed E-state index contributed by atoms with van der Waals surface area (Å²) in [7, 11) is 0. The summed E-state index contributed by atoms with van der Waals surface area (Å²) < 4.78 is 0. The van der Waals surface area contributed by atoms with E-state index in [9.17, 15) is 29.7 Å². The molecule has 0 spiro atoms. The van der Waals surface area contributed by atoms with Gasteiger partial charge in [-0.25, -0.2) is 0 Å². The third kappa shape index (κ3) is 4.27. The number of aromatic nitrogens is 3. The van der Waals surface area contributed by atoms with Crippen molar-refractivity contribution in [2.75, 3.05) is 0 Å². The van der Waals surface area contributed by atoms with Crippen LogP contribution in [0.2, 0.25) is 0 Å². The molecule has 44 heavy (non-hydrogen) atoms. The van der Waals surface area contributed by atoms with Gasteiger partial charge in [-0.1, -0.05) is 26.5 Å². The number of aromatic amines is 3. The number of aliphatic hydroxyl groups is 1. The topological polar surface area (TPSA) is 171 Å². The molecule has 7 N–H and O–H groups in total. The minimum absolute atomic E-state index is 0.0880. The zero-order valence-electron chi connectivity index (χ0n) is 25.1. The Hall–Kier alpha value is -4.99. The van der Waals surface area contributed by atoms with Crippen LogP contribution in [0.1, 0.15) is 76.4 Å². The number of rotatable bonds is 6. The third-order valence-corrected chi connectivity index (χ3v) is 9.69. The van der Waals surface area contributed by atoms with E-state index in [0.717, 1.165) is 45.7 Å². The van der Waals surface area contributed by atoms with E-state index in [-0.39, 0.29) is 18.3 Å². The molecule has 0 saturated carbocycles. The first kappa shape index (κ1) is 29.1. The fraction of sp³-hybridized carbons (Fsp3) is 0.324. The molecule has 3 aromatic heterocycles. The number of nitrogens with one attached hydrogen (secondary N) is 4. The second kappa shape index (κ2) is 10.6. The van der Waals surface area contributed by atoms with Gasteiger partial charge in [0, 0.05) is 56.8 Å². The molecule has 10 heteroatoms. The molecule has 0 amide bonds. The number of ketones is 1. The predicted molar refractivity (Wildman–Crippen MR) is 167 cm³/mol. The van der Waals surface area contributed by atoms with E-state index < -0.39 is 29.7 Å². The molecule has 1 saturated heterocycles. The normalized spacial score (nSPS) is 25.1. The molecular weight excluding hydrogens is 560 g/mol. The first-order chi connectivity index (χ1) is 21.0. The zero-order chi connectivity index (χ0) is 31.6. The van der Waals surface area contributed by atoms with Crippen LogP contribution >= 0.6 is 0 Å². The average molecular weight is 597 g/mol. The number of H-pyrrole nitrogens is 3. The lowest BCUT2D eigenvalue weighted by Gasteiger charge is -2.24.